The Balaban J connectivity index is 0.000000143. The molecule has 11 aromatic rings. The normalized spacial score (nSPS) is 17.3. The van der Waals surface area contributed by atoms with Crippen LogP contribution in [-0.4, -0.2) is 87.2 Å². The Morgan fingerprint density at radius 3 is 0.779 bits per heavy atom. The number of benzene rings is 11. The summed E-state index contributed by atoms with van der Waals surface area (Å²) in [5.74, 6) is -5.39. The number of alkyl halides is 4. The van der Waals surface area contributed by atoms with E-state index in [1.807, 2.05) is 97.1 Å². The van der Waals surface area contributed by atoms with E-state index in [0.717, 1.165) is 55.5 Å². The third kappa shape index (κ3) is 18.1. The summed E-state index contributed by atoms with van der Waals surface area (Å²) in [6.07, 6.45) is 1.17. The molecule has 0 aromatic heterocycles. The summed E-state index contributed by atoms with van der Waals surface area (Å²) in [6, 6.07) is 106. The van der Waals surface area contributed by atoms with E-state index in [9.17, 15) is 53.1 Å². The molecule has 0 radical (unpaired) electrons. The lowest BCUT2D eigenvalue weighted by Crippen LogP contribution is -3.00. The van der Waals surface area contributed by atoms with Crippen LogP contribution in [0.3, 0.4) is 0 Å². The van der Waals surface area contributed by atoms with Gasteiger partial charge in [-0.2, -0.15) is 17.6 Å². The maximum absolute atomic E-state index is 13.4. The molecular weight excluding hydrogens is 1420 g/mol. The molecule has 0 aliphatic heterocycles. The van der Waals surface area contributed by atoms with E-state index in [1.54, 1.807) is 0 Å². The van der Waals surface area contributed by atoms with Crippen LogP contribution in [0.15, 0.2) is 339 Å². The fourth-order valence-electron chi connectivity index (χ4n) is 13.9. The molecule has 0 fully saturated rings. The van der Waals surface area contributed by atoms with E-state index in [4.69, 9.17) is 0 Å². The Kier molecular flexibility index (Phi) is 25.5. The van der Waals surface area contributed by atoms with Crippen LogP contribution in [0.1, 0.15) is 86.6 Å². The first-order chi connectivity index (χ1) is 49.4. The lowest BCUT2D eigenvalue weighted by molar-refractivity contribution is -0.884. The van der Waals surface area contributed by atoms with E-state index >= 15 is 0 Å². The Morgan fingerprint density at radius 1 is 0.365 bits per heavy atom. The predicted molar refractivity (Wildman–Crippen MR) is 392 cm³/mol. The summed E-state index contributed by atoms with van der Waals surface area (Å²) in [6.45, 7) is 0.336. The number of fused-ring (bicyclic) bond motifs is 2. The predicted octanol–water partition coefficient (Wildman–Crippen LogP) is 14.4. The van der Waals surface area contributed by atoms with E-state index in [0.29, 0.717) is 12.8 Å². The van der Waals surface area contributed by atoms with Crippen molar-refractivity contribution in [3.05, 3.63) is 359 Å². The Bertz CT molecular complexity index is 4320. The molecule has 0 N–H and O–H groups in total. The molecule has 6 aliphatic rings. The van der Waals surface area contributed by atoms with Crippen molar-refractivity contribution in [1.82, 2.24) is 0 Å². The Morgan fingerprint density at radius 2 is 0.567 bits per heavy atom. The molecule has 0 saturated carbocycles. The number of halogens is 5. The molecule has 4 bridgehead atoms. The maximum atomic E-state index is 13.4. The van der Waals surface area contributed by atoms with Crippen molar-refractivity contribution >= 4 is 54.0 Å². The summed E-state index contributed by atoms with van der Waals surface area (Å²) in [5, 5.41) is -10.2. The summed E-state index contributed by atoms with van der Waals surface area (Å²) in [4.78, 5) is 31.2. The Hall–Kier alpha value is -9.15. The lowest BCUT2D eigenvalue weighted by Gasteiger charge is -2.45. The number of rotatable bonds is 16. The number of ether oxygens (including phenoxy) is 2. The molecule has 536 valence electrons. The van der Waals surface area contributed by atoms with Gasteiger partial charge < -0.3 is 35.5 Å². The van der Waals surface area contributed by atoms with Gasteiger partial charge in [-0.05, 0) is 130 Å². The third-order valence-corrected chi connectivity index (χ3v) is 24.2. The highest BCUT2D eigenvalue weighted by Gasteiger charge is 2.52. The van der Waals surface area contributed by atoms with Crippen LogP contribution >= 0.6 is 0 Å². The fourth-order valence-corrected chi connectivity index (χ4v) is 18.6. The molecule has 6 aliphatic carbocycles. The topological polar surface area (TPSA) is 167 Å². The average Bonchev–Trinajstić information content (AvgIpc) is 0.729. The molecule has 2 unspecified atom stereocenters. The smallest absolute Gasteiger partial charge is 0.428 e. The van der Waals surface area contributed by atoms with Gasteiger partial charge in [-0.25, -0.2) is 26.4 Å². The van der Waals surface area contributed by atoms with Gasteiger partial charge in [-0.15, -0.1) is 0 Å². The van der Waals surface area contributed by atoms with Crippen LogP contribution in [0.25, 0.3) is 0 Å². The van der Waals surface area contributed by atoms with E-state index in [-0.39, 0.29) is 82.9 Å². The molecule has 17 rings (SSSR count). The number of carbonyl (C=O) groups is 2. The summed E-state index contributed by atoms with van der Waals surface area (Å²) in [7, 11) is -5.67. The van der Waals surface area contributed by atoms with Crippen LogP contribution in [0.2, 0.25) is 0 Å². The highest BCUT2D eigenvalue weighted by molar-refractivity contribution is 7.97. The maximum Gasteiger partial charge on any atom is 0.428 e. The van der Waals surface area contributed by atoms with Crippen molar-refractivity contribution in [2.24, 2.45) is 11.8 Å². The van der Waals surface area contributed by atoms with Crippen molar-refractivity contribution < 1.29 is 79.5 Å². The van der Waals surface area contributed by atoms with Crippen LogP contribution in [0.5, 0.6) is 0 Å². The van der Waals surface area contributed by atoms with Crippen LogP contribution in [0.4, 0.5) is 17.6 Å². The third-order valence-electron chi connectivity index (χ3n) is 18.2. The minimum atomic E-state index is -6.12. The molecule has 0 heterocycles. The van der Waals surface area contributed by atoms with Gasteiger partial charge >= 0.3 is 22.4 Å². The quantitative estimate of drug-likeness (QED) is 0.0299. The lowest BCUT2D eigenvalue weighted by atomic mass is 9.59. The second kappa shape index (κ2) is 34.2. The number of quaternary nitrogens is 1. The van der Waals surface area contributed by atoms with Crippen molar-refractivity contribution in [3.8, 4) is 0 Å². The van der Waals surface area contributed by atoms with E-state index < -0.39 is 42.7 Å². The largest absolute Gasteiger partial charge is 1.00 e. The number of carbonyl (C=O) groups excluding carboxylic acids is 2. The van der Waals surface area contributed by atoms with Gasteiger partial charge in [-0.3, -0.25) is 0 Å². The zero-order chi connectivity index (χ0) is 72.9. The molecule has 104 heavy (non-hydrogen) atoms. The zero-order valence-electron chi connectivity index (χ0n) is 57.0. The van der Waals surface area contributed by atoms with Crippen molar-refractivity contribution in [1.29, 1.82) is 0 Å². The average molecular weight is 1500 g/mol. The van der Waals surface area contributed by atoms with Crippen LogP contribution in [-0.2, 0) is 67.6 Å². The number of nitrogens with zero attached hydrogens (tertiary/aromatic N) is 1. The molecule has 11 nitrogen and oxygen atoms in total. The minimum absolute atomic E-state index is 0. The molecule has 0 amide bonds. The number of esters is 2. The van der Waals surface area contributed by atoms with E-state index in [2.05, 4.69) is 243 Å². The standard InChI is InChI=1S/2C19H16F2O5S.2C18H15S.C10H16N.ClH/c2*20-19(21,27(23,24)25)18(22)26-10-11-9-16-12-5-1-3-7-14(12)17(11)15-8-4-2-6-13(15)16;2*1-4-10-16(11-5-1)19(17-12-6-2-7-13-17)18-14-8-3-9-15-18;1-11(2,3)9-10-7-5-4-6-8-10;/h2*1-8,11,16-17H,9-10H2,(H,23,24,25);2*1-15H;4-8H,9H2,1-3H3;1H/q;;3*+1;/p-3. The molecule has 2 atom stereocenters. The van der Waals surface area contributed by atoms with Gasteiger partial charge in [0, 0.05) is 41.1 Å². The number of hydrogen-bond donors (Lipinski definition) is 0. The Labute approximate surface area is 617 Å². The molecule has 11 aromatic carbocycles. The molecule has 0 spiro atoms. The first-order valence-electron chi connectivity index (χ1n) is 33.4. The van der Waals surface area contributed by atoms with E-state index in [1.165, 1.54) is 34.9 Å². The number of hydrogen-bond acceptors (Lipinski definition) is 10. The fraction of sp³-hybridized carbons (Fsp3) is 0.190. The molecule has 20 heteroatoms. The summed E-state index contributed by atoms with van der Waals surface area (Å²) in [5.41, 5.74) is 10.3. The van der Waals surface area contributed by atoms with Crippen LogP contribution in [0, 0.1) is 11.8 Å². The second-order valence-corrected chi connectivity index (χ2v) is 33.0. The van der Waals surface area contributed by atoms with Crippen molar-refractivity contribution in [2.75, 3.05) is 34.4 Å². The minimum Gasteiger partial charge on any atom is -1.00 e. The van der Waals surface area contributed by atoms with Crippen molar-refractivity contribution in [3.63, 3.8) is 0 Å². The van der Waals surface area contributed by atoms with Gasteiger partial charge in [0.05, 0.1) is 56.1 Å². The zero-order valence-corrected chi connectivity index (χ0v) is 61.0. The van der Waals surface area contributed by atoms with Crippen molar-refractivity contribution in [2.45, 2.75) is 82.9 Å². The van der Waals surface area contributed by atoms with Gasteiger partial charge in [-0.1, -0.05) is 237 Å². The SMILES string of the molecule is C[N+](C)(C)Cc1ccccc1.O=C(OCC1CC2c3ccccc3C1c1ccccc12)C(F)(F)S(=O)(=O)[O-].O=C(OCC1CC2c3ccccc3C1c1ccccc12)C(F)(F)S(=O)(=O)[O-].[Cl-].c1ccc([S+](c2ccccc2)c2ccccc2)cc1.c1ccc([S+](c2ccccc2)c2ccccc2)cc1. The molecule has 0 saturated heterocycles. The van der Waals surface area contributed by atoms with Gasteiger partial charge in [0.2, 0.25) is 0 Å². The highest BCUT2D eigenvalue weighted by atomic mass is 35.5. The van der Waals surface area contributed by atoms with Gasteiger partial charge in [0.1, 0.15) is 6.54 Å². The molecular formula is C84H76ClF4NO10S4. The first kappa shape index (κ1) is 77.5. The summed E-state index contributed by atoms with van der Waals surface area (Å²) >= 11 is 0. The van der Waals surface area contributed by atoms with Crippen LogP contribution < -0.4 is 12.4 Å². The van der Waals surface area contributed by atoms with Gasteiger partial charge in [0.25, 0.3) is 0 Å². The summed E-state index contributed by atoms with van der Waals surface area (Å²) < 4.78 is 127. The van der Waals surface area contributed by atoms with Gasteiger partial charge in [0.15, 0.2) is 49.6 Å². The second-order valence-electron chi connectivity index (χ2n) is 26.1. The first-order valence-corrected chi connectivity index (χ1v) is 38.7. The highest BCUT2D eigenvalue weighted by Crippen LogP contribution is 2.57. The monoisotopic (exact) mass is 1500 g/mol.